The van der Waals surface area contributed by atoms with Crippen LogP contribution in [0, 0.1) is 5.41 Å². The van der Waals surface area contributed by atoms with Crippen molar-refractivity contribution in [3.8, 4) is 0 Å². The lowest BCUT2D eigenvalue weighted by Gasteiger charge is -2.49. The van der Waals surface area contributed by atoms with Crippen molar-refractivity contribution in [3.63, 3.8) is 0 Å². The van der Waals surface area contributed by atoms with Gasteiger partial charge in [-0.15, -0.1) is 0 Å². The molecule has 2 fully saturated rings. The molecule has 1 saturated heterocycles. The molecule has 37 heavy (non-hydrogen) atoms. The molecule has 1 unspecified atom stereocenters. The molecule has 1 aliphatic carbocycles. The first-order valence-electron chi connectivity index (χ1n) is 9.97. The van der Waals surface area contributed by atoms with Crippen molar-refractivity contribution in [2.75, 3.05) is 26.4 Å². The number of halogens is 8. The van der Waals surface area contributed by atoms with Gasteiger partial charge in [-0.3, -0.25) is 4.55 Å². The van der Waals surface area contributed by atoms with Crippen molar-refractivity contribution < 1.29 is 86.2 Å². The topological polar surface area (TPSA) is 152 Å². The van der Waals surface area contributed by atoms with E-state index in [0.29, 0.717) is 0 Å². The zero-order valence-corrected chi connectivity index (χ0v) is 19.0. The lowest BCUT2D eigenvalue weighted by molar-refractivity contribution is -0.355. The predicted octanol–water partition coefficient (Wildman–Crippen LogP) is 1.89. The Morgan fingerprint density at radius 3 is 1.70 bits per heavy atom. The van der Waals surface area contributed by atoms with E-state index in [9.17, 15) is 57.9 Å². The predicted molar refractivity (Wildman–Crippen MR) is 95.9 cm³/mol. The van der Waals surface area contributed by atoms with E-state index in [0.717, 1.165) is 0 Å². The summed E-state index contributed by atoms with van der Waals surface area (Å²) in [4.78, 5) is 33.9. The highest BCUT2D eigenvalue weighted by Crippen LogP contribution is 2.42. The Kier molecular flexibility index (Phi) is 8.72. The number of esters is 3. The molecule has 1 atom stereocenters. The van der Waals surface area contributed by atoms with Crippen LogP contribution in [0.3, 0.4) is 0 Å². The van der Waals surface area contributed by atoms with Crippen LogP contribution in [0.25, 0.3) is 0 Å². The first kappa shape index (κ1) is 30.9. The van der Waals surface area contributed by atoms with Crippen molar-refractivity contribution in [1.82, 2.24) is 0 Å². The summed E-state index contributed by atoms with van der Waals surface area (Å²) in [7, 11) is -6.24. The van der Waals surface area contributed by atoms with Gasteiger partial charge in [0, 0.05) is 6.42 Å². The minimum Gasteiger partial charge on any atom is -0.458 e. The number of alkyl halides is 8. The molecule has 0 radical (unpaired) electrons. The summed E-state index contributed by atoms with van der Waals surface area (Å²) in [5.41, 5.74) is -2.16. The van der Waals surface area contributed by atoms with Crippen molar-refractivity contribution in [1.29, 1.82) is 0 Å². The van der Waals surface area contributed by atoms with E-state index >= 15 is 0 Å². The van der Waals surface area contributed by atoms with Crippen LogP contribution in [0.5, 0.6) is 0 Å². The molecule has 11 nitrogen and oxygen atoms in total. The van der Waals surface area contributed by atoms with E-state index in [-0.39, 0.29) is 25.7 Å². The van der Waals surface area contributed by atoms with E-state index in [1.165, 1.54) is 0 Å². The van der Waals surface area contributed by atoms with Crippen LogP contribution in [-0.4, -0.2) is 86.8 Å². The molecule has 2 rings (SSSR count). The third kappa shape index (κ3) is 7.17. The molecule has 0 aromatic heterocycles. The van der Waals surface area contributed by atoms with Crippen molar-refractivity contribution in [3.05, 3.63) is 0 Å². The zero-order valence-electron chi connectivity index (χ0n) is 18.2. The molecule has 20 heteroatoms. The fraction of sp³-hybridized carbons (Fsp3) is 0.824. The normalized spacial score (nSPS) is 22.2. The second-order valence-electron chi connectivity index (χ2n) is 8.17. The van der Waals surface area contributed by atoms with Gasteiger partial charge in [-0.1, -0.05) is 0 Å². The Hall–Kier alpha value is -2.32. The van der Waals surface area contributed by atoms with E-state index in [4.69, 9.17) is 14.0 Å². The summed E-state index contributed by atoms with van der Waals surface area (Å²) < 4.78 is 156. The van der Waals surface area contributed by atoms with Crippen LogP contribution >= 0.6 is 0 Å². The number of carbonyl (C=O) groups excluding carboxylic acids is 3. The van der Waals surface area contributed by atoms with Crippen molar-refractivity contribution in [2.45, 2.75) is 55.2 Å². The molecule has 1 N–H and O–H groups in total. The number of rotatable bonds is 7. The summed E-state index contributed by atoms with van der Waals surface area (Å²) in [5, 5.41) is -5.39. The summed E-state index contributed by atoms with van der Waals surface area (Å²) >= 11 is 0. The number of ether oxygens (including phenoxy) is 5. The maximum atomic E-state index is 13.6. The Labute approximate surface area is 202 Å². The monoisotopic (exact) mass is 582 g/mol. The molecule has 0 aromatic carbocycles. The van der Waals surface area contributed by atoms with Crippen molar-refractivity contribution in [2.24, 2.45) is 5.41 Å². The van der Waals surface area contributed by atoms with Crippen LogP contribution < -0.4 is 0 Å². The second kappa shape index (κ2) is 10.4. The average Bonchev–Trinajstić information content (AvgIpc) is 2.77. The molecule has 1 heterocycles. The molecule has 0 amide bonds. The minimum absolute atomic E-state index is 0.196. The Balaban J connectivity index is 2.23. The average molecular weight is 582 g/mol. The van der Waals surface area contributed by atoms with Gasteiger partial charge in [0.05, 0.1) is 18.6 Å². The van der Waals surface area contributed by atoms with Gasteiger partial charge in [-0.2, -0.15) is 43.5 Å². The van der Waals surface area contributed by atoms with E-state index in [1.54, 1.807) is 0 Å². The third-order valence-corrected chi connectivity index (χ3v) is 6.08. The fourth-order valence-electron chi connectivity index (χ4n) is 3.31. The van der Waals surface area contributed by atoms with E-state index < -0.39 is 89.4 Å². The fourth-order valence-corrected chi connectivity index (χ4v) is 3.57. The highest BCUT2D eigenvalue weighted by Gasteiger charge is 2.59. The van der Waals surface area contributed by atoms with Gasteiger partial charge in [0.25, 0.3) is 0 Å². The van der Waals surface area contributed by atoms with Gasteiger partial charge in [-0.25, -0.2) is 14.4 Å². The van der Waals surface area contributed by atoms with E-state index in [2.05, 4.69) is 14.2 Å². The molecule has 1 aliphatic heterocycles. The zero-order chi connectivity index (χ0) is 28.5. The third-order valence-electron chi connectivity index (χ3n) is 5.27. The largest absolute Gasteiger partial charge is 0.490 e. The lowest BCUT2D eigenvalue weighted by atomic mass is 9.86. The Morgan fingerprint density at radius 1 is 0.838 bits per heavy atom. The SMILES string of the molecule is O=C(OCC1(COC(=O)C(F)(F)F)COC2(CCCCC2OC(=O)C(F)(F)S(=O)(=O)O)OC1)C(F)(F)F. The smallest absolute Gasteiger partial charge is 0.458 e. The van der Waals surface area contributed by atoms with Crippen LogP contribution in [0.2, 0.25) is 0 Å². The second-order valence-corrected chi connectivity index (χ2v) is 9.63. The highest BCUT2D eigenvalue weighted by molar-refractivity contribution is 7.87. The van der Waals surface area contributed by atoms with Crippen molar-refractivity contribution >= 4 is 28.0 Å². The minimum atomic E-state index is -6.24. The van der Waals surface area contributed by atoms with Gasteiger partial charge < -0.3 is 23.7 Å². The quantitative estimate of drug-likeness (QED) is 0.203. The van der Waals surface area contributed by atoms with Crippen LogP contribution in [0.1, 0.15) is 25.7 Å². The molecule has 1 saturated carbocycles. The number of carbonyl (C=O) groups is 3. The number of hydrogen-bond donors (Lipinski definition) is 1. The van der Waals surface area contributed by atoms with E-state index in [1.807, 2.05) is 0 Å². The molecular formula is C17H18F8O11S. The maximum absolute atomic E-state index is 13.6. The molecular weight excluding hydrogens is 564 g/mol. The summed E-state index contributed by atoms with van der Waals surface area (Å²) in [6.45, 7) is -4.58. The highest BCUT2D eigenvalue weighted by atomic mass is 32.2. The maximum Gasteiger partial charge on any atom is 0.490 e. The van der Waals surface area contributed by atoms with Gasteiger partial charge in [-0.05, 0) is 19.3 Å². The molecule has 1 spiro atoms. The summed E-state index contributed by atoms with van der Waals surface area (Å²) in [5.74, 6) is -10.3. The van der Waals surface area contributed by atoms with Gasteiger partial charge in [0.1, 0.15) is 13.2 Å². The first-order chi connectivity index (χ1) is 16.7. The molecule has 214 valence electrons. The first-order valence-corrected chi connectivity index (χ1v) is 11.4. The Morgan fingerprint density at radius 2 is 1.30 bits per heavy atom. The summed E-state index contributed by atoms with van der Waals surface area (Å²) in [6, 6.07) is 0. The van der Waals surface area contributed by atoms with Gasteiger partial charge in [0.15, 0.2) is 6.10 Å². The number of hydrogen-bond acceptors (Lipinski definition) is 10. The molecule has 2 aliphatic rings. The Bertz CT molecular complexity index is 952. The van der Waals surface area contributed by atoms with Crippen LogP contribution in [0.15, 0.2) is 0 Å². The van der Waals surface area contributed by atoms with Gasteiger partial charge in [0.2, 0.25) is 5.79 Å². The van der Waals surface area contributed by atoms with Gasteiger partial charge >= 0.3 is 45.6 Å². The van der Waals surface area contributed by atoms with Crippen LogP contribution in [-0.2, 0) is 48.2 Å². The van der Waals surface area contributed by atoms with Crippen LogP contribution in [0.4, 0.5) is 35.1 Å². The summed E-state index contributed by atoms with van der Waals surface area (Å²) in [6.07, 6.45) is -12.8. The standard InChI is InChI=1S/C17H18F8O11S/c18-15(19,20)10(26)32-5-13(6-33-11(27)16(21,22)23)7-34-14(35-8-13)4-2-1-3-9(14)36-12(28)17(24,25)37(29,30)31/h9H,1-8H2,(H,29,30,31). The lowest BCUT2D eigenvalue weighted by Crippen LogP contribution is -2.61. The molecule has 0 bridgehead atoms. The molecule has 0 aromatic rings.